The summed E-state index contributed by atoms with van der Waals surface area (Å²) in [5.41, 5.74) is 1.72. The van der Waals surface area contributed by atoms with E-state index in [1.807, 2.05) is 12.1 Å². The van der Waals surface area contributed by atoms with Crippen LogP contribution in [0.15, 0.2) is 22.7 Å². The summed E-state index contributed by atoms with van der Waals surface area (Å²) < 4.78 is 0.914. The van der Waals surface area contributed by atoms with Crippen LogP contribution >= 0.6 is 15.9 Å². The number of carbonyl (C=O) groups excluding carboxylic acids is 1. The third-order valence-corrected chi connectivity index (χ3v) is 3.38. The van der Waals surface area contributed by atoms with E-state index in [0.29, 0.717) is 18.2 Å². The predicted molar refractivity (Wildman–Crippen MR) is 67.0 cm³/mol. The molecule has 0 atom stereocenters. The fourth-order valence-electron chi connectivity index (χ4n) is 1.82. The van der Waals surface area contributed by atoms with Gasteiger partial charge in [0.2, 0.25) is 0 Å². The lowest BCUT2D eigenvalue weighted by Gasteiger charge is -2.25. The van der Waals surface area contributed by atoms with E-state index in [-0.39, 0.29) is 6.61 Å². The maximum atomic E-state index is 10.6. The number of hydrogen-bond donors (Lipinski definition) is 1. The minimum absolute atomic E-state index is 0.151. The summed E-state index contributed by atoms with van der Waals surface area (Å²) in [5.74, 6) is 0. The summed E-state index contributed by atoms with van der Waals surface area (Å²) in [5, 5.41) is 9.05. The fourth-order valence-corrected chi connectivity index (χ4v) is 2.45. The molecule has 0 radical (unpaired) electrons. The minimum Gasteiger partial charge on any atom is -0.395 e. The van der Waals surface area contributed by atoms with E-state index in [1.54, 1.807) is 6.07 Å². The molecule has 0 saturated heterocycles. The van der Waals surface area contributed by atoms with E-state index >= 15 is 0 Å². The fraction of sp³-hybridized carbons (Fsp3) is 0.417. The van der Waals surface area contributed by atoms with Crippen LogP contribution in [0.2, 0.25) is 0 Å². The van der Waals surface area contributed by atoms with Crippen LogP contribution in [0.4, 0.5) is 5.69 Å². The Hall–Kier alpha value is -0.870. The summed E-state index contributed by atoms with van der Waals surface area (Å²) in [6, 6.07) is 6.10. The highest BCUT2D eigenvalue weighted by molar-refractivity contribution is 9.10. The number of halogens is 1. The molecule has 1 fully saturated rings. The monoisotopic (exact) mass is 283 g/mol. The predicted octanol–water partition coefficient (Wildman–Crippen LogP) is 2.22. The number of aldehydes is 1. The van der Waals surface area contributed by atoms with Crippen molar-refractivity contribution >= 4 is 27.9 Å². The standard InChI is InChI=1S/C12H14BrNO2/c13-11-7-9(8-16)1-4-12(11)14(5-6-15)10-2-3-10/h1,4,7-8,10,15H,2-3,5-6H2. The Balaban J connectivity index is 2.26. The average molecular weight is 284 g/mol. The zero-order chi connectivity index (χ0) is 11.5. The van der Waals surface area contributed by atoms with Crippen molar-refractivity contribution in [2.45, 2.75) is 18.9 Å². The van der Waals surface area contributed by atoms with Crippen LogP contribution in [0.25, 0.3) is 0 Å². The summed E-state index contributed by atoms with van der Waals surface area (Å²) >= 11 is 3.47. The Morgan fingerprint density at radius 3 is 2.75 bits per heavy atom. The molecule has 1 aromatic rings. The van der Waals surface area contributed by atoms with Crippen LogP contribution in [0.1, 0.15) is 23.2 Å². The molecule has 1 N–H and O–H groups in total. The number of aliphatic hydroxyl groups is 1. The quantitative estimate of drug-likeness (QED) is 0.843. The first-order chi connectivity index (χ1) is 7.76. The molecule has 86 valence electrons. The van der Waals surface area contributed by atoms with Gasteiger partial charge in [0.25, 0.3) is 0 Å². The van der Waals surface area contributed by atoms with Gasteiger partial charge in [-0.2, -0.15) is 0 Å². The molecule has 1 saturated carbocycles. The SMILES string of the molecule is O=Cc1ccc(N(CCO)C2CC2)c(Br)c1. The third kappa shape index (κ3) is 2.44. The van der Waals surface area contributed by atoms with Crippen LogP contribution in [0.3, 0.4) is 0 Å². The van der Waals surface area contributed by atoms with E-state index in [1.165, 1.54) is 12.8 Å². The number of rotatable bonds is 5. The van der Waals surface area contributed by atoms with Gasteiger partial charge in [0.05, 0.1) is 12.3 Å². The van der Waals surface area contributed by atoms with E-state index in [9.17, 15) is 4.79 Å². The molecule has 3 nitrogen and oxygen atoms in total. The number of anilines is 1. The molecule has 0 amide bonds. The van der Waals surface area contributed by atoms with Gasteiger partial charge in [-0.25, -0.2) is 0 Å². The van der Waals surface area contributed by atoms with Crippen molar-refractivity contribution < 1.29 is 9.90 Å². The van der Waals surface area contributed by atoms with Crippen molar-refractivity contribution in [1.29, 1.82) is 0 Å². The van der Waals surface area contributed by atoms with Crippen LogP contribution in [-0.2, 0) is 0 Å². The Morgan fingerprint density at radius 1 is 1.50 bits per heavy atom. The molecule has 0 heterocycles. The molecule has 0 unspecified atom stereocenters. The van der Waals surface area contributed by atoms with Crippen molar-refractivity contribution in [2.24, 2.45) is 0 Å². The minimum atomic E-state index is 0.151. The van der Waals surface area contributed by atoms with Crippen LogP contribution in [-0.4, -0.2) is 30.6 Å². The number of nitrogens with zero attached hydrogens (tertiary/aromatic N) is 1. The first-order valence-corrected chi connectivity index (χ1v) is 6.18. The second-order valence-corrected chi connectivity index (χ2v) is 4.83. The highest BCUT2D eigenvalue weighted by atomic mass is 79.9. The molecule has 4 heteroatoms. The van der Waals surface area contributed by atoms with Crippen LogP contribution < -0.4 is 4.90 Å². The molecular weight excluding hydrogens is 270 g/mol. The van der Waals surface area contributed by atoms with Crippen molar-refractivity contribution in [3.8, 4) is 0 Å². The molecule has 0 bridgehead atoms. The second-order valence-electron chi connectivity index (χ2n) is 3.98. The van der Waals surface area contributed by atoms with Gasteiger partial charge in [-0.05, 0) is 47.0 Å². The normalized spacial score (nSPS) is 14.9. The van der Waals surface area contributed by atoms with Crippen molar-refractivity contribution in [2.75, 3.05) is 18.1 Å². The van der Waals surface area contributed by atoms with Crippen molar-refractivity contribution in [1.82, 2.24) is 0 Å². The van der Waals surface area contributed by atoms with Gasteiger partial charge in [0.1, 0.15) is 6.29 Å². The average Bonchev–Trinajstić information content (AvgIpc) is 3.10. The topological polar surface area (TPSA) is 40.5 Å². The van der Waals surface area contributed by atoms with E-state index in [0.717, 1.165) is 16.4 Å². The molecule has 0 aromatic heterocycles. The molecule has 1 aromatic carbocycles. The van der Waals surface area contributed by atoms with Gasteiger partial charge in [0, 0.05) is 22.6 Å². The Bertz CT molecular complexity index is 391. The molecule has 1 aliphatic rings. The van der Waals surface area contributed by atoms with Crippen molar-refractivity contribution in [3.05, 3.63) is 28.2 Å². The third-order valence-electron chi connectivity index (χ3n) is 2.75. The Morgan fingerprint density at radius 2 is 2.25 bits per heavy atom. The van der Waals surface area contributed by atoms with Gasteiger partial charge in [-0.3, -0.25) is 4.79 Å². The van der Waals surface area contributed by atoms with E-state index < -0.39 is 0 Å². The van der Waals surface area contributed by atoms with E-state index in [2.05, 4.69) is 20.8 Å². The van der Waals surface area contributed by atoms with E-state index in [4.69, 9.17) is 5.11 Å². The maximum absolute atomic E-state index is 10.6. The number of benzene rings is 1. The summed E-state index contributed by atoms with van der Waals surface area (Å²) in [7, 11) is 0. The maximum Gasteiger partial charge on any atom is 0.150 e. The Labute approximate surface area is 103 Å². The molecule has 16 heavy (non-hydrogen) atoms. The van der Waals surface area contributed by atoms with Crippen molar-refractivity contribution in [3.63, 3.8) is 0 Å². The number of hydrogen-bond acceptors (Lipinski definition) is 3. The van der Waals surface area contributed by atoms with Gasteiger partial charge < -0.3 is 10.0 Å². The van der Waals surface area contributed by atoms with Gasteiger partial charge in [0.15, 0.2) is 0 Å². The first kappa shape index (κ1) is 11.6. The largest absolute Gasteiger partial charge is 0.395 e. The lowest BCUT2D eigenvalue weighted by molar-refractivity contribution is 0.112. The number of carbonyl (C=O) groups is 1. The highest BCUT2D eigenvalue weighted by Crippen LogP contribution is 2.35. The van der Waals surface area contributed by atoms with Gasteiger partial charge in [-0.15, -0.1) is 0 Å². The summed E-state index contributed by atoms with van der Waals surface area (Å²) in [6.07, 6.45) is 3.20. The molecule has 2 rings (SSSR count). The lowest BCUT2D eigenvalue weighted by atomic mass is 10.2. The highest BCUT2D eigenvalue weighted by Gasteiger charge is 2.29. The Kier molecular flexibility index (Phi) is 3.61. The smallest absolute Gasteiger partial charge is 0.150 e. The summed E-state index contributed by atoms with van der Waals surface area (Å²) in [4.78, 5) is 12.8. The van der Waals surface area contributed by atoms with Gasteiger partial charge in [-0.1, -0.05) is 0 Å². The zero-order valence-electron chi connectivity index (χ0n) is 8.90. The lowest BCUT2D eigenvalue weighted by Crippen LogP contribution is -2.29. The molecule has 0 spiro atoms. The number of aliphatic hydroxyl groups excluding tert-OH is 1. The van der Waals surface area contributed by atoms with Crippen LogP contribution in [0.5, 0.6) is 0 Å². The van der Waals surface area contributed by atoms with Crippen LogP contribution in [0, 0.1) is 0 Å². The molecular formula is C12H14BrNO2. The van der Waals surface area contributed by atoms with Gasteiger partial charge >= 0.3 is 0 Å². The molecule has 0 aliphatic heterocycles. The second kappa shape index (κ2) is 4.97. The zero-order valence-corrected chi connectivity index (χ0v) is 10.5. The first-order valence-electron chi connectivity index (χ1n) is 5.38. The summed E-state index contributed by atoms with van der Waals surface area (Å²) in [6.45, 7) is 0.794. The molecule has 1 aliphatic carbocycles.